The van der Waals surface area contributed by atoms with Crippen molar-refractivity contribution >= 4 is 23.4 Å². The Kier molecular flexibility index (Phi) is 4.91. The Morgan fingerprint density at radius 2 is 2.16 bits per heavy atom. The van der Waals surface area contributed by atoms with E-state index >= 15 is 0 Å². The molecule has 2 N–H and O–H groups in total. The Morgan fingerprint density at radius 3 is 2.89 bits per heavy atom. The fourth-order valence-corrected chi connectivity index (χ4v) is 1.56. The summed E-state index contributed by atoms with van der Waals surface area (Å²) in [5.74, 6) is 1.73. The van der Waals surface area contributed by atoms with Crippen molar-refractivity contribution in [1.82, 2.24) is 20.1 Å². The van der Waals surface area contributed by atoms with Crippen LogP contribution in [0, 0.1) is 0 Å². The summed E-state index contributed by atoms with van der Waals surface area (Å²) in [4.78, 5) is 12.3. The topological polar surface area (TPSA) is 88.8 Å². The van der Waals surface area contributed by atoms with Crippen LogP contribution < -0.4 is 10.6 Å². The summed E-state index contributed by atoms with van der Waals surface area (Å²) in [5.41, 5.74) is 0. The lowest BCUT2D eigenvalue weighted by atomic mass is 10.4. The molecule has 0 saturated heterocycles. The smallest absolute Gasteiger partial charge is 0.228 e. The zero-order valence-corrected chi connectivity index (χ0v) is 11.3. The molecule has 0 saturated carbocycles. The van der Waals surface area contributed by atoms with Gasteiger partial charge in [-0.05, 0) is 6.42 Å². The lowest BCUT2D eigenvalue weighted by Crippen LogP contribution is -2.10. The molecule has 0 amide bonds. The summed E-state index contributed by atoms with van der Waals surface area (Å²) in [5, 5.41) is 10.2. The average Bonchev–Trinajstić information content (AvgIpc) is 2.92. The molecule has 0 aliphatic carbocycles. The largest absolute Gasteiger partial charge is 0.368 e. The molecule has 0 fully saturated rings. The first-order valence-corrected chi connectivity index (χ1v) is 6.43. The fraction of sp³-hybridized carbons (Fsp3) is 0.455. The van der Waals surface area contributed by atoms with E-state index in [-0.39, 0.29) is 0 Å². The summed E-state index contributed by atoms with van der Waals surface area (Å²) in [6.45, 7) is 3.50. The van der Waals surface area contributed by atoms with E-state index in [2.05, 4.69) is 37.7 Å². The molecule has 0 bridgehead atoms. The van der Waals surface area contributed by atoms with Crippen LogP contribution in [-0.2, 0) is 6.42 Å². The molecular weight excluding hydrogens is 268 g/mol. The van der Waals surface area contributed by atoms with Crippen LogP contribution in [0.3, 0.4) is 0 Å². The molecular formula is C11H15ClN6O. The summed E-state index contributed by atoms with van der Waals surface area (Å²) in [6.07, 6.45) is 4.56. The Hall–Kier alpha value is -1.89. The van der Waals surface area contributed by atoms with E-state index in [1.54, 1.807) is 6.20 Å². The molecule has 2 rings (SSSR count). The number of hydrogen-bond donors (Lipinski definition) is 2. The van der Waals surface area contributed by atoms with E-state index in [9.17, 15) is 0 Å². The van der Waals surface area contributed by atoms with Crippen LogP contribution in [-0.4, -0.2) is 33.2 Å². The van der Waals surface area contributed by atoms with E-state index in [0.29, 0.717) is 35.6 Å². The van der Waals surface area contributed by atoms with Crippen LogP contribution in [0.5, 0.6) is 0 Å². The Labute approximate surface area is 115 Å². The third kappa shape index (κ3) is 4.06. The lowest BCUT2D eigenvalue weighted by Gasteiger charge is -2.08. The van der Waals surface area contributed by atoms with Gasteiger partial charge in [-0.25, -0.2) is 4.98 Å². The number of hydrogen-bond acceptors (Lipinski definition) is 7. The first kappa shape index (κ1) is 13.5. The zero-order chi connectivity index (χ0) is 13.5. The molecule has 0 radical (unpaired) electrons. The van der Waals surface area contributed by atoms with Crippen molar-refractivity contribution in [3.05, 3.63) is 23.4 Å². The fourth-order valence-electron chi connectivity index (χ4n) is 1.41. The SMILES string of the molecule is CCCNc1ncc(Cl)c(NCCc2ncno2)n1. The van der Waals surface area contributed by atoms with Gasteiger partial charge in [-0.15, -0.1) is 0 Å². The van der Waals surface area contributed by atoms with Gasteiger partial charge < -0.3 is 15.2 Å². The minimum atomic E-state index is 0.479. The second-order valence-corrected chi connectivity index (χ2v) is 4.24. The van der Waals surface area contributed by atoms with Gasteiger partial charge in [0.1, 0.15) is 10.8 Å². The normalized spacial score (nSPS) is 10.4. The molecule has 2 heterocycles. The van der Waals surface area contributed by atoms with Crippen LogP contribution in [0.15, 0.2) is 17.0 Å². The summed E-state index contributed by atoms with van der Waals surface area (Å²) in [6, 6.07) is 0. The van der Waals surface area contributed by atoms with E-state index in [1.165, 1.54) is 6.33 Å². The van der Waals surface area contributed by atoms with E-state index in [1.807, 2.05) is 0 Å². The number of rotatable bonds is 7. The molecule has 0 aliphatic rings. The number of nitrogens with zero attached hydrogens (tertiary/aromatic N) is 4. The van der Waals surface area contributed by atoms with E-state index in [4.69, 9.17) is 16.1 Å². The summed E-state index contributed by atoms with van der Waals surface area (Å²) < 4.78 is 4.90. The van der Waals surface area contributed by atoms with Gasteiger partial charge in [-0.1, -0.05) is 23.7 Å². The van der Waals surface area contributed by atoms with Crippen molar-refractivity contribution in [3.63, 3.8) is 0 Å². The molecule has 7 nitrogen and oxygen atoms in total. The number of aromatic nitrogens is 4. The molecule has 102 valence electrons. The highest BCUT2D eigenvalue weighted by Crippen LogP contribution is 2.19. The Morgan fingerprint density at radius 1 is 1.26 bits per heavy atom. The molecule has 0 aliphatic heterocycles. The first-order valence-electron chi connectivity index (χ1n) is 6.05. The standard InChI is InChI=1S/C11H15ClN6O/c1-2-4-14-11-15-6-8(12)10(18-11)13-5-3-9-16-7-17-19-9/h6-7H,2-5H2,1H3,(H2,13,14,15,18). The van der Waals surface area contributed by atoms with Crippen LogP contribution in [0.1, 0.15) is 19.2 Å². The van der Waals surface area contributed by atoms with Gasteiger partial charge >= 0.3 is 0 Å². The minimum absolute atomic E-state index is 0.479. The van der Waals surface area contributed by atoms with Crippen LogP contribution in [0.4, 0.5) is 11.8 Å². The van der Waals surface area contributed by atoms with Gasteiger partial charge in [-0.2, -0.15) is 9.97 Å². The van der Waals surface area contributed by atoms with Gasteiger partial charge in [0, 0.05) is 19.5 Å². The Bertz CT molecular complexity index is 504. The molecule has 2 aromatic rings. The van der Waals surface area contributed by atoms with Gasteiger partial charge in [0.05, 0.1) is 6.20 Å². The van der Waals surface area contributed by atoms with E-state index < -0.39 is 0 Å². The molecule has 0 unspecified atom stereocenters. The second-order valence-electron chi connectivity index (χ2n) is 3.83. The zero-order valence-electron chi connectivity index (χ0n) is 10.6. The Balaban J connectivity index is 1.90. The molecule has 0 aromatic carbocycles. The van der Waals surface area contributed by atoms with Crippen molar-refractivity contribution in [2.45, 2.75) is 19.8 Å². The second kappa shape index (κ2) is 6.89. The predicted octanol–water partition coefficient (Wildman–Crippen LogP) is 1.99. The first-order chi connectivity index (χ1) is 9.29. The summed E-state index contributed by atoms with van der Waals surface area (Å²) in [7, 11) is 0. The maximum Gasteiger partial charge on any atom is 0.228 e. The number of halogens is 1. The summed E-state index contributed by atoms with van der Waals surface area (Å²) >= 11 is 6.02. The van der Waals surface area contributed by atoms with Crippen molar-refractivity contribution in [1.29, 1.82) is 0 Å². The van der Waals surface area contributed by atoms with Gasteiger partial charge in [0.25, 0.3) is 0 Å². The molecule has 19 heavy (non-hydrogen) atoms. The van der Waals surface area contributed by atoms with Crippen LogP contribution in [0.2, 0.25) is 5.02 Å². The lowest BCUT2D eigenvalue weighted by molar-refractivity contribution is 0.379. The minimum Gasteiger partial charge on any atom is -0.368 e. The monoisotopic (exact) mass is 282 g/mol. The molecule has 0 atom stereocenters. The highest BCUT2D eigenvalue weighted by Gasteiger charge is 2.05. The molecule has 0 spiro atoms. The third-order valence-electron chi connectivity index (χ3n) is 2.32. The maximum absolute atomic E-state index is 6.02. The van der Waals surface area contributed by atoms with E-state index in [0.717, 1.165) is 13.0 Å². The van der Waals surface area contributed by atoms with Crippen molar-refractivity contribution in [2.75, 3.05) is 23.7 Å². The quantitative estimate of drug-likeness (QED) is 0.803. The van der Waals surface area contributed by atoms with Crippen molar-refractivity contribution in [3.8, 4) is 0 Å². The van der Waals surface area contributed by atoms with Gasteiger partial charge in [0.15, 0.2) is 6.33 Å². The predicted molar refractivity (Wildman–Crippen MR) is 72.3 cm³/mol. The highest BCUT2D eigenvalue weighted by atomic mass is 35.5. The van der Waals surface area contributed by atoms with Gasteiger partial charge in [0.2, 0.25) is 11.8 Å². The molecule has 2 aromatic heterocycles. The van der Waals surface area contributed by atoms with Crippen molar-refractivity contribution in [2.24, 2.45) is 0 Å². The van der Waals surface area contributed by atoms with Gasteiger partial charge in [-0.3, -0.25) is 0 Å². The molecule has 8 heteroatoms. The number of anilines is 2. The van der Waals surface area contributed by atoms with Crippen molar-refractivity contribution < 1.29 is 4.52 Å². The number of nitrogens with one attached hydrogen (secondary N) is 2. The van der Waals surface area contributed by atoms with Crippen LogP contribution in [0.25, 0.3) is 0 Å². The highest BCUT2D eigenvalue weighted by molar-refractivity contribution is 6.32. The average molecular weight is 283 g/mol. The third-order valence-corrected chi connectivity index (χ3v) is 2.59. The van der Waals surface area contributed by atoms with Crippen LogP contribution >= 0.6 is 11.6 Å². The maximum atomic E-state index is 6.02.